The second-order valence-electron chi connectivity index (χ2n) is 10.6. The number of nitrogens with two attached hydrogens (primary N) is 1. The van der Waals surface area contributed by atoms with Gasteiger partial charge in [-0.25, -0.2) is 10.1 Å². The third-order valence-electron chi connectivity index (χ3n) is 5.40. The van der Waals surface area contributed by atoms with Crippen LogP contribution < -0.4 is 16.4 Å². The molecule has 12 nitrogen and oxygen atoms in total. The van der Waals surface area contributed by atoms with E-state index >= 15 is 0 Å². The van der Waals surface area contributed by atoms with Gasteiger partial charge in [-0.2, -0.15) is 17.6 Å². The van der Waals surface area contributed by atoms with E-state index in [-0.39, 0.29) is 52.8 Å². The summed E-state index contributed by atoms with van der Waals surface area (Å²) in [6.07, 6.45) is 4.28. The molecule has 1 aliphatic heterocycles. The molecule has 15 heteroatoms. The van der Waals surface area contributed by atoms with Gasteiger partial charge in [-0.15, -0.1) is 12.6 Å². The van der Waals surface area contributed by atoms with E-state index in [1.54, 1.807) is 17.2 Å². The highest BCUT2D eigenvalue weighted by atomic mass is 32.1. The number of carbonyl (C=O) groups is 1. The molecular weight excluding hydrogens is 551 g/mol. The molecule has 1 saturated heterocycles. The third kappa shape index (κ3) is 11.1. The number of aromatic amines is 1. The number of aliphatic hydroxyl groups excluding tert-OH is 1. The fraction of sp³-hybridized carbons (Fsp3) is 0.739. The molecule has 38 heavy (non-hydrogen) atoms. The lowest BCUT2D eigenvalue weighted by molar-refractivity contribution is -0.0262. The smallest absolute Gasteiger partial charge is 0.280 e. The zero-order chi connectivity index (χ0) is 29.1. The summed E-state index contributed by atoms with van der Waals surface area (Å²) < 4.78 is 20.2. The monoisotopic (exact) mass is 594 g/mol. The molecule has 4 atom stereocenters. The molecule has 218 valence electrons. The summed E-state index contributed by atoms with van der Waals surface area (Å²) in [5.41, 5.74) is 6.04. The van der Waals surface area contributed by atoms with Crippen LogP contribution in [0, 0.1) is 11.3 Å². The summed E-state index contributed by atoms with van der Waals surface area (Å²) in [6, 6.07) is 0. The number of nitrogens with zero attached hydrogens (tertiary/aromatic N) is 3. The first-order valence-corrected chi connectivity index (χ1v) is 14.7. The van der Waals surface area contributed by atoms with Gasteiger partial charge >= 0.3 is 0 Å². The highest BCUT2D eigenvalue weighted by Crippen LogP contribution is 2.41. The Morgan fingerprint density at radius 2 is 1.97 bits per heavy atom. The lowest BCUT2D eigenvalue weighted by atomic mass is 9.91. The highest BCUT2D eigenvalue weighted by Gasteiger charge is 2.36. The number of carbonyl (C=O) groups excluding carboxylic acids is 1. The van der Waals surface area contributed by atoms with Crippen LogP contribution in [-0.4, -0.2) is 68.0 Å². The number of ether oxygens (including phenoxy) is 1. The molecule has 0 bridgehead atoms. The van der Waals surface area contributed by atoms with Gasteiger partial charge in [0.15, 0.2) is 16.8 Å². The molecule has 0 spiro atoms. The Bertz CT molecular complexity index is 1050. The summed E-state index contributed by atoms with van der Waals surface area (Å²) in [7, 11) is -1.34. The molecule has 0 aromatic carbocycles. The molecule has 0 aliphatic carbocycles. The molecule has 3 rings (SSSR count). The van der Waals surface area contributed by atoms with E-state index in [2.05, 4.69) is 73.0 Å². The highest BCUT2D eigenvalue weighted by molar-refractivity contribution is 7.94. The predicted molar refractivity (Wildman–Crippen MR) is 158 cm³/mol. The molecule has 1 fully saturated rings. The van der Waals surface area contributed by atoms with E-state index in [1.165, 1.54) is 0 Å². The van der Waals surface area contributed by atoms with Gasteiger partial charge in [0.25, 0.3) is 14.1 Å². The van der Waals surface area contributed by atoms with Crippen LogP contribution in [0.3, 0.4) is 0 Å². The Morgan fingerprint density at radius 3 is 2.55 bits per heavy atom. The number of aliphatic hydroxyl groups is 1. The van der Waals surface area contributed by atoms with Gasteiger partial charge in [0.05, 0.1) is 25.6 Å². The standard InChI is InChI=1S/C21H37N6O5P.CH2OS.CH4S/c1-13-9-14(10-31-33(26-20(2,3)4)30-8-7-21(5,6)11-28)32-18(13)27-12-23-15-16(27)24-19(22)25-17(15)29;2-1-3;1-2/h12-14,18,26,28H,7-11H2,1-6H3,(H3,22,24,25,29);1H,(H,2,3);2H,1H3. The summed E-state index contributed by atoms with van der Waals surface area (Å²) >= 11 is 6.64. The lowest BCUT2D eigenvalue weighted by Crippen LogP contribution is -2.33. The first-order valence-electron chi connectivity index (χ1n) is 12.1. The maximum absolute atomic E-state index is 12.1. The number of nitrogen functional groups attached to an aromatic ring is 1. The van der Waals surface area contributed by atoms with Crippen molar-refractivity contribution in [3.63, 3.8) is 0 Å². The Hall–Kier alpha value is -1.25. The van der Waals surface area contributed by atoms with Crippen LogP contribution in [0.1, 0.15) is 60.6 Å². The van der Waals surface area contributed by atoms with Crippen LogP contribution in [0.5, 0.6) is 0 Å². The first kappa shape index (κ1) is 34.8. The van der Waals surface area contributed by atoms with Crippen LogP contribution in [0.4, 0.5) is 5.95 Å². The van der Waals surface area contributed by atoms with Crippen LogP contribution in [0.2, 0.25) is 0 Å². The van der Waals surface area contributed by atoms with Gasteiger partial charge < -0.3 is 24.6 Å². The summed E-state index contributed by atoms with van der Waals surface area (Å²) in [5, 5.41) is 12.9. The van der Waals surface area contributed by atoms with Gasteiger partial charge in [0, 0.05) is 18.1 Å². The van der Waals surface area contributed by atoms with Crippen LogP contribution in [-0.2, 0) is 18.6 Å². The van der Waals surface area contributed by atoms with Gasteiger partial charge in [0.2, 0.25) is 5.95 Å². The number of nitrogens with one attached hydrogen (secondary N) is 2. The number of rotatable bonds is 10. The molecular formula is C23H43N6O6PS2. The van der Waals surface area contributed by atoms with Crippen molar-refractivity contribution < 1.29 is 23.7 Å². The first-order chi connectivity index (χ1) is 17.8. The van der Waals surface area contributed by atoms with E-state index in [9.17, 15) is 9.90 Å². The summed E-state index contributed by atoms with van der Waals surface area (Å²) in [4.78, 5) is 31.6. The van der Waals surface area contributed by atoms with Gasteiger partial charge in [-0.3, -0.25) is 19.1 Å². The molecule has 2 aromatic rings. The second kappa shape index (κ2) is 16.1. The maximum Gasteiger partial charge on any atom is 0.280 e. The Labute approximate surface area is 236 Å². The average Bonchev–Trinajstić information content (AvgIpc) is 3.41. The molecule has 0 amide bonds. The SMILES string of the molecule is CC1CC(COP(NC(C)(C)C)OCCC(C)(C)CO)OC1n1cnc2c(=O)[nH]c(N)nc21.CS.O=CS. The zero-order valence-electron chi connectivity index (χ0n) is 23.2. The summed E-state index contributed by atoms with van der Waals surface area (Å²) in [6.45, 7) is 13.2. The number of hydrogen-bond acceptors (Lipinski definition) is 11. The van der Waals surface area contributed by atoms with Crippen molar-refractivity contribution in [2.24, 2.45) is 11.3 Å². The largest absolute Gasteiger partial charge is 0.396 e. The van der Waals surface area contributed by atoms with Crippen molar-refractivity contribution >= 4 is 56.5 Å². The normalized spacial score (nSPS) is 20.3. The fourth-order valence-electron chi connectivity index (χ4n) is 3.50. The molecule has 0 radical (unpaired) electrons. The average molecular weight is 595 g/mol. The Morgan fingerprint density at radius 1 is 1.34 bits per heavy atom. The topological polar surface area (TPSA) is 167 Å². The fourth-order valence-corrected chi connectivity index (χ4v) is 4.81. The van der Waals surface area contributed by atoms with Crippen molar-refractivity contribution in [1.82, 2.24) is 24.6 Å². The quantitative estimate of drug-likeness (QED) is 0.136. The van der Waals surface area contributed by atoms with E-state index in [1.807, 2.05) is 13.8 Å². The number of aromatic nitrogens is 4. The minimum atomic E-state index is -1.34. The number of fused-ring (bicyclic) bond motifs is 1. The number of H-pyrrole nitrogens is 1. The van der Waals surface area contributed by atoms with E-state index < -0.39 is 8.53 Å². The molecule has 0 saturated carbocycles. The number of imidazole rings is 1. The van der Waals surface area contributed by atoms with Crippen LogP contribution >= 0.6 is 33.8 Å². The number of anilines is 1. The number of hydrogen-bond donors (Lipinski definition) is 6. The third-order valence-corrected chi connectivity index (χ3v) is 7.05. The van der Waals surface area contributed by atoms with Crippen LogP contribution in [0.25, 0.3) is 11.2 Å². The van der Waals surface area contributed by atoms with Crippen molar-refractivity contribution in [1.29, 1.82) is 0 Å². The number of thiol groups is 2. The van der Waals surface area contributed by atoms with Crippen LogP contribution in [0.15, 0.2) is 11.1 Å². The summed E-state index contributed by atoms with van der Waals surface area (Å²) in [5.74, 6) is 0.201. The van der Waals surface area contributed by atoms with Crippen molar-refractivity contribution in [3.8, 4) is 0 Å². The molecule has 2 aromatic heterocycles. The lowest BCUT2D eigenvalue weighted by Gasteiger charge is -2.29. The van der Waals surface area contributed by atoms with Crippen molar-refractivity contribution in [2.45, 2.75) is 72.3 Å². The maximum atomic E-state index is 12.1. The Kier molecular flexibility index (Phi) is 14.8. The molecule has 1 aliphatic rings. The predicted octanol–water partition coefficient (Wildman–Crippen LogP) is 3.33. The second-order valence-corrected chi connectivity index (χ2v) is 12.0. The van der Waals surface area contributed by atoms with Crippen molar-refractivity contribution in [3.05, 3.63) is 16.7 Å². The van der Waals surface area contributed by atoms with Gasteiger partial charge in [0.1, 0.15) is 6.23 Å². The van der Waals surface area contributed by atoms with E-state index in [4.69, 9.17) is 24.3 Å². The molecule has 5 N–H and O–H groups in total. The minimum Gasteiger partial charge on any atom is -0.396 e. The molecule has 4 unspecified atom stereocenters. The van der Waals surface area contributed by atoms with Crippen molar-refractivity contribution in [2.75, 3.05) is 31.8 Å². The Balaban J connectivity index is 0.00000135. The minimum absolute atomic E-state index is 0.0419. The van der Waals surface area contributed by atoms with E-state index in [0.29, 0.717) is 24.5 Å². The van der Waals surface area contributed by atoms with Gasteiger partial charge in [-0.1, -0.05) is 20.8 Å². The van der Waals surface area contributed by atoms with Gasteiger partial charge in [-0.05, 0) is 45.3 Å². The zero-order valence-corrected chi connectivity index (χ0v) is 25.9. The van der Waals surface area contributed by atoms with E-state index in [0.717, 1.165) is 12.8 Å². The molecule has 3 heterocycles.